The van der Waals surface area contributed by atoms with E-state index < -0.39 is 0 Å². The van der Waals surface area contributed by atoms with E-state index in [4.69, 9.17) is 10.5 Å². The highest BCUT2D eigenvalue weighted by Gasteiger charge is 2.26. The first-order chi connectivity index (χ1) is 11.2. The lowest BCUT2D eigenvalue weighted by Crippen LogP contribution is -2.29. The number of nitrogens with zero attached hydrogens (tertiary/aromatic N) is 2. The van der Waals surface area contributed by atoms with Gasteiger partial charge in [-0.3, -0.25) is 9.78 Å². The zero-order valence-corrected chi connectivity index (χ0v) is 13.2. The number of ether oxygens (including phenoxy) is 1. The molecule has 0 saturated carbocycles. The van der Waals surface area contributed by atoms with Crippen molar-refractivity contribution in [3.8, 4) is 16.9 Å². The highest BCUT2D eigenvalue weighted by atomic mass is 16.5. The van der Waals surface area contributed by atoms with Crippen LogP contribution in [0.4, 0.5) is 0 Å². The standard InChI is InChI=1S/C18H21N3O2/c1-23-17-4-2-14(3-5-17)15-8-16(11-20-10-15)18(22)21-7-6-13(9-19)12-21/h2-5,8,10-11,13H,6-7,9,12,19H2,1H3/t13-/m0/s1. The number of carbonyl (C=O) groups excluding carboxylic acids is 1. The Morgan fingerprint density at radius 3 is 2.74 bits per heavy atom. The number of amides is 1. The molecule has 0 bridgehead atoms. The van der Waals surface area contributed by atoms with Gasteiger partial charge >= 0.3 is 0 Å². The van der Waals surface area contributed by atoms with Crippen molar-refractivity contribution in [2.45, 2.75) is 6.42 Å². The zero-order chi connectivity index (χ0) is 16.2. The van der Waals surface area contributed by atoms with E-state index in [9.17, 15) is 4.79 Å². The maximum atomic E-state index is 12.6. The van der Waals surface area contributed by atoms with Gasteiger partial charge in [0.2, 0.25) is 0 Å². The maximum absolute atomic E-state index is 12.6. The summed E-state index contributed by atoms with van der Waals surface area (Å²) >= 11 is 0. The van der Waals surface area contributed by atoms with Crippen molar-refractivity contribution < 1.29 is 9.53 Å². The summed E-state index contributed by atoms with van der Waals surface area (Å²) in [6.07, 6.45) is 4.38. The van der Waals surface area contributed by atoms with E-state index >= 15 is 0 Å². The molecule has 120 valence electrons. The lowest BCUT2D eigenvalue weighted by Gasteiger charge is -2.16. The fourth-order valence-corrected chi connectivity index (χ4v) is 2.89. The average molecular weight is 311 g/mol. The molecule has 1 atom stereocenters. The van der Waals surface area contributed by atoms with Gasteiger partial charge in [0.25, 0.3) is 5.91 Å². The van der Waals surface area contributed by atoms with Crippen molar-refractivity contribution in [2.75, 3.05) is 26.7 Å². The van der Waals surface area contributed by atoms with Crippen LogP contribution < -0.4 is 10.5 Å². The lowest BCUT2D eigenvalue weighted by molar-refractivity contribution is 0.0787. The molecule has 1 saturated heterocycles. The van der Waals surface area contributed by atoms with E-state index in [1.54, 1.807) is 19.5 Å². The Labute approximate surface area is 136 Å². The second-order valence-electron chi connectivity index (χ2n) is 5.83. The van der Waals surface area contributed by atoms with Crippen molar-refractivity contribution in [3.63, 3.8) is 0 Å². The van der Waals surface area contributed by atoms with Crippen molar-refractivity contribution >= 4 is 5.91 Å². The van der Waals surface area contributed by atoms with Crippen LogP contribution in [0.1, 0.15) is 16.8 Å². The molecule has 0 spiro atoms. The van der Waals surface area contributed by atoms with Gasteiger partial charge in [0.15, 0.2) is 0 Å². The largest absolute Gasteiger partial charge is 0.497 e. The Kier molecular flexibility index (Phi) is 4.57. The van der Waals surface area contributed by atoms with Crippen LogP contribution in [0.25, 0.3) is 11.1 Å². The van der Waals surface area contributed by atoms with Crippen LogP contribution in [0, 0.1) is 5.92 Å². The number of rotatable bonds is 4. The van der Waals surface area contributed by atoms with Gasteiger partial charge in [-0.05, 0) is 42.6 Å². The summed E-state index contributed by atoms with van der Waals surface area (Å²) in [7, 11) is 1.64. The van der Waals surface area contributed by atoms with E-state index in [1.165, 1.54) is 0 Å². The van der Waals surface area contributed by atoms with Gasteiger partial charge < -0.3 is 15.4 Å². The van der Waals surface area contributed by atoms with Crippen molar-refractivity contribution in [1.82, 2.24) is 9.88 Å². The lowest BCUT2D eigenvalue weighted by atomic mass is 10.1. The van der Waals surface area contributed by atoms with Gasteiger partial charge in [-0.1, -0.05) is 12.1 Å². The summed E-state index contributed by atoms with van der Waals surface area (Å²) in [6.45, 7) is 2.14. The van der Waals surface area contributed by atoms with Crippen LogP contribution in [-0.4, -0.2) is 42.5 Å². The van der Waals surface area contributed by atoms with Crippen molar-refractivity contribution in [3.05, 3.63) is 48.3 Å². The maximum Gasteiger partial charge on any atom is 0.255 e. The van der Waals surface area contributed by atoms with E-state index in [2.05, 4.69) is 4.98 Å². The van der Waals surface area contributed by atoms with E-state index in [-0.39, 0.29) is 5.91 Å². The van der Waals surface area contributed by atoms with Gasteiger partial charge in [0, 0.05) is 31.0 Å². The number of nitrogens with two attached hydrogens (primary N) is 1. The number of methoxy groups -OCH3 is 1. The number of pyridine rings is 1. The van der Waals surface area contributed by atoms with Crippen molar-refractivity contribution in [2.24, 2.45) is 11.7 Å². The molecule has 2 N–H and O–H groups in total. The van der Waals surface area contributed by atoms with Crippen LogP contribution in [0.3, 0.4) is 0 Å². The quantitative estimate of drug-likeness (QED) is 0.939. The third-order valence-electron chi connectivity index (χ3n) is 4.31. The number of hydrogen-bond donors (Lipinski definition) is 1. The minimum absolute atomic E-state index is 0.0313. The fraction of sp³-hybridized carbons (Fsp3) is 0.333. The summed E-state index contributed by atoms with van der Waals surface area (Å²) < 4.78 is 5.17. The molecule has 1 amide bonds. The molecule has 1 aliphatic heterocycles. The van der Waals surface area contributed by atoms with E-state index in [0.717, 1.165) is 36.4 Å². The second-order valence-corrected chi connectivity index (χ2v) is 5.83. The first-order valence-electron chi connectivity index (χ1n) is 7.80. The van der Waals surface area contributed by atoms with Crippen LogP contribution in [0.5, 0.6) is 5.75 Å². The predicted octanol–water partition coefficient (Wildman–Crippen LogP) is 2.18. The molecule has 1 fully saturated rings. The number of benzene rings is 1. The zero-order valence-electron chi connectivity index (χ0n) is 13.2. The number of likely N-dealkylation sites (tertiary alicyclic amines) is 1. The molecule has 1 aromatic heterocycles. The summed E-state index contributed by atoms with van der Waals surface area (Å²) in [5.74, 6) is 1.25. The van der Waals surface area contributed by atoms with Gasteiger partial charge in [-0.15, -0.1) is 0 Å². The minimum atomic E-state index is 0.0313. The Balaban J connectivity index is 1.80. The van der Waals surface area contributed by atoms with Crippen LogP contribution in [-0.2, 0) is 0 Å². The summed E-state index contributed by atoms with van der Waals surface area (Å²) in [4.78, 5) is 18.7. The Morgan fingerprint density at radius 2 is 2.09 bits per heavy atom. The monoisotopic (exact) mass is 311 g/mol. The predicted molar refractivity (Wildman–Crippen MR) is 89.3 cm³/mol. The molecule has 3 rings (SSSR count). The molecular formula is C18H21N3O2. The van der Waals surface area contributed by atoms with Crippen molar-refractivity contribution in [1.29, 1.82) is 0 Å². The van der Waals surface area contributed by atoms with Gasteiger partial charge in [-0.25, -0.2) is 0 Å². The molecular weight excluding hydrogens is 290 g/mol. The van der Waals surface area contributed by atoms with Crippen LogP contribution in [0.2, 0.25) is 0 Å². The minimum Gasteiger partial charge on any atom is -0.497 e. The molecule has 0 aliphatic carbocycles. The van der Waals surface area contributed by atoms with E-state index in [0.29, 0.717) is 18.0 Å². The molecule has 2 heterocycles. The van der Waals surface area contributed by atoms with Gasteiger partial charge in [-0.2, -0.15) is 0 Å². The van der Waals surface area contributed by atoms with Gasteiger partial charge in [0.05, 0.1) is 12.7 Å². The Morgan fingerprint density at radius 1 is 1.30 bits per heavy atom. The Hall–Kier alpha value is -2.40. The first-order valence-corrected chi connectivity index (χ1v) is 7.80. The number of hydrogen-bond acceptors (Lipinski definition) is 4. The third-order valence-corrected chi connectivity index (χ3v) is 4.31. The molecule has 5 nitrogen and oxygen atoms in total. The first kappa shape index (κ1) is 15.5. The third kappa shape index (κ3) is 3.35. The average Bonchev–Trinajstić information content (AvgIpc) is 3.10. The Bertz CT molecular complexity index is 685. The van der Waals surface area contributed by atoms with E-state index in [1.807, 2.05) is 35.2 Å². The highest BCUT2D eigenvalue weighted by Crippen LogP contribution is 2.24. The molecule has 1 aliphatic rings. The topological polar surface area (TPSA) is 68.5 Å². The van der Waals surface area contributed by atoms with Gasteiger partial charge in [0.1, 0.15) is 5.75 Å². The highest BCUT2D eigenvalue weighted by molar-refractivity contribution is 5.95. The molecule has 0 radical (unpaired) electrons. The summed E-state index contributed by atoms with van der Waals surface area (Å²) in [5, 5.41) is 0. The molecule has 0 unspecified atom stereocenters. The smallest absolute Gasteiger partial charge is 0.255 e. The molecule has 1 aromatic carbocycles. The normalized spacial score (nSPS) is 17.3. The summed E-state index contributed by atoms with van der Waals surface area (Å²) in [6, 6.07) is 9.62. The fourth-order valence-electron chi connectivity index (χ4n) is 2.89. The molecule has 23 heavy (non-hydrogen) atoms. The molecule has 2 aromatic rings. The van der Waals surface area contributed by atoms with Crippen LogP contribution in [0.15, 0.2) is 42.7 Å². The van der Waals surface area contributed by atoms with Crippen LogP contribution >= 0.6 is 0 Å². The SMILES string of the molecule is COc1ccc(-c2cncc(C(=O)N3CC[C@@H](CN)C3)c2)cc1. The number of aromatic nitrogens is 1. The second kappa shape index (κ2) is 6.79. The summed E-state index contributed by atoms with van der Waals surface area (Å²) in [5.41, 5.74) is 8.25. The molecule has 5 heteroatoms. The number of carbonyl (C=O) groups is 1.